The summed E-state index contributed by atoms with van der Waals surface area (Å²) in [6.07, 6.45) is 0. The molecule has 0 aliphatic carbocycles. The summed E-state index contributed by atoms with van der Waals surface area (Å²) in [6.45, 7) is 0. The van der Waals surface area contributed by atoms with E-state index in [1.54, 1.807) is 34.8 Å². The number of hydrogen-bond acceptors (Lipinski definition) is 5. The average molecular weight is 323 g/mol. The van der Waals surface area contributed by atoms with Gasteiger partial charge < -0.3 is 0 Å². The van der Waals surface area contributed by atoms with E-state index in [0.29, 0.717) is 5.02 Å². The molecule has 0 amide bonds. The van der Waals surface area contributed by atoms with E-state index in [-0.39, 0.29) is 0 Å². The van der Waals surface area contributed by atoms with Gasteiger partial charge in [-0.1, -0.05) is 23.8 Å². The zero-order chi connectivity index (χ0) is 13.2. The van der Waals surface area contributed by atoms with Gasteiger partial charge in [-0.15, -0.1) is 22.7 Å². The molecule has 0 radical (unpaired) electrons. The van der Waals surface area contributed by atoms with Gasteiger partial charge in [-0.05, 0) is 42.5 Å². The molecule has 2 aromatic carbocycles. The maximum atomic E-state index is 5.82. The highest BCUT2D eigenvalue weighted by atomic mass is 35.5. The van der Waals surface area contributed by atoms with Gasteiger partial charge in [0.05, 0.1) is 11.4 Å². The summed E-state index contributed by atoms with van der Waals surface area (Å²) in [7, 11) is 0. The first-order chi connectivity index (χ1) is 9.20. The Morgan fingerprint density at radius 2 is 1.47 bits per heavy atom. The minimum Gasteiger partial charge on any atom is -0.151 e. The van der Waals surface area contributed by atoms with Gasteiger partial charge in [0.25, 0.3) is 0 Å². The van der Waals surface area contributed by atoms with Crippen molar-refractivity contribution >= 4 is 67.3 Å². The van der Waals surface area contributed by atoms with Crippen LogP contribution in [0, 0.1) is 3.14 Å². The number of nitrogens with zero attached hydrogens (tertiary/aromatic N) is 2. The normalized spacial score (nSPS) is 11.4. The van der Waals surface area contributed by atoms with Crippen LogP contribution in [0.5, 0.6) is 0 Å². The number of fused-ring (bicyclic) bond motifs is 1. The smallest absolute Gasteiger partial charge is 0.144 e. The first kappa shape index (κ1) is 12.9. The number of hydrogen-bond donors (Lipinski definition) is 0. The Morgan fingerprint density at radius 3 is 2.26 bits per heavy atom. The quantitative estimate of drug-likeness (QED) is 0.378. The van der Waals surface area contributed by atoms with Crippen LogP contribution in [0.4, 0.5) is 11.4 Å². The summed E-state index contributed by atoms with van der Waals surface area (Å²) in [6, 6.07) is 13.2. The summed E-state index contributed by atoms with van der Waals surface area (Å²) >= 11 is 14.2. The summed E-state index contributed by atoms with van der Waals surface area (Å²) in [5.41, 5.74) is 1.61. The summed E-state index contributed by atoms with van der Waals surface area (Å²) in [5, 5.41) is 9.10. The Balaban J connectivity index is 1.91. The van der Waals surface area contributed by atoms with Crippen LogP contribution >= 0.6 is 46.5 Å². The highest BCUT2D eigenvalue weighted by Gasteiger charge is 1.99. The topological polar surface area (TPSA) is 24.7 Å². The molecule has 2 nitrogen and oxygen atoms in total. The first-order valence-electron chi connectivity index (χ1n) is 5.42. The van der Waals surface area contributed by atoms with Crippen LogP contribution in [0.15, 0.2) is 52.7 Å². The molecule has 0 N–H and O–H groups in total. The predicted molar refractivity (Wildman–Crippen MR) is 86.2 cm³/mol. The van der Waals surface area contributed by atoms with Crippen LogP contribution < -0.4 is 0 Å². The molecule has 0 fully saturated rings. The van der Waals surface area contributed by atoms with Crippen molar-refractivity contribution in [3.8, 4) is 0 Å². The van der Waals surface area contributed by atoms with Gasteiger partial charge in [0.2, 0.25) is 0 Å². The third-order valence-corrected chi connectivity index (χ3v) is 5.27. The number of halogens is 1. The molecule has 0 aliphatic rings. The Bertz CT molecular complexity index is 803. The minimum atomic E-state index is 0.693. The fourth-order valence-corrected chi connectivity index (χ4v) is 4.17. The van der Waals surface area contributed by atoms with Gasteiger partial charge in [-0.25, -0.2) is 0 Å². The van der Waals surface area contributed by atoms with E-state index in [0.717, 1.165) is 19.2 Å². The van der Waals surface area contributed by atoms with E-state index in [4.69, 9.17) is 23.8 Å². The molecule has 0 spiro atoms. The van der Waals surface area contributed by atoms with E-state index < -0.39 is 0 Å². The van der Waals surface area contributed by atoms with E-state index in [2.05, 4.69) is 10.2 Å². The van der Waals surface area contributed by atoms with E-state index in [1.807, 2.05) is 30.3 Å². The molecule has 3 rings (SSSR count). The van der Waals surface area contributed by atoms with Crippen molar-refractivity contribution in [1.82, 2.24) is 0 Å². The zero-order valence-electron chi connectivity index (χ0n) is 9.54. The molecule has 0 bridgehead atoms. The SMILES string of the molecule is S=c1sc2ccc(N=Nc3ccc(Cl)cc3)cc2s1. The Kier molecular flexibility index (Phi) is 3.70. The Morgan fingerprint density at radius 1 is 0.842 bits per heavy atom. The maximum Gasteiger partial charge on any atom is 0.144 e. The van der Waals surface area contributed by atoms with Crippen molar-refractivity contribution in [2.75, 3.05) is 0 Å². The van der Waals surface area contributed by atoms with Crippen LogP contribution in [0.2, 0.25) is 5.02 Å². The summed E-state index contributed by atoms with van der Waals surface area (Å²) < 4.78 is 3.28. The second-order valence-corrected chi connectivity index (χ2v) is 7.49. The third-order valence-electron chi connectivity index (χ3n) is 2.42. The van der Waals surface area contributed by atoms with Crippen LogP contribution in [0.3, 0.4) is 0 Å². The van der Waals surface area contributed by atoms with Gasteiger partial charge in [0.1, 0.15) is 3.14 Å². The lowest BCUT2D eigenvalue weighted by Crippen LogP contribution is -1.65. The van der Waals surface area contributed by atoms with E-state index in [9.17, 15) is 0 Å². The molecular weight excluding hydrogens is 316 g/mol. The van der Waals surface area contributed by atoms with Crippen LogP contribution in [-0.2, 0) is 0 Å². The first-order valence-corrected chi connectivity index (χ1v) is 7.84. The fourth-order valence-electron chi connectivity index (χ4n) is 1.55. The number of azo groups is 1. The molecule has 1 heterocycles. The lowest BCUT2D eigenvalue weighted by Gasteiger charge is -1.94. The average Bonchev–Trinajstić information content (AvgIpc) is 2.77. The van der Waals surface area contributed by atoms with Gasteiger partial charge >= 0.3 is 0 Å². The summed E-state index contributed by atoms with van der Waals surface area (Å²) in [4.78, 5) is 0. The second kappa shape index (κ2) is 5.46. The monoisotopic (exact) mass is 322 g/mol. The summed E-state index contributed by atoms with van der Waals surface area (Å²) in [5.74, 6) is 0. The molecule has 6 heteroatoms. The van der Waals surface area contributed by atoms with Crippen molar-refractivity contribution in [1.29, 1.82) is 0 Å². The highest BCUT2D eigenvalue weighted by Crippen LogP contribution is 2.31. The van der Waals surface area contributed by atoms with Crippen LogP contribution in [-0.4, -0.2) is 0 Å². The molecule has 0 atom stereocenters. The van der Waals surface area contributed by atoms with Crippen molar-refractivity contribution in [3.05, 3.63) is 50.6 Å². The number of benzene rings is 2. The molecule has 0 unspecified atom stereocenters. The number of rotatable bonds is 2. The van der Waals surface area contributed by atoms with Gasteiger partial charge in [-0.3, -0.25) is 0 Å². The Labute approximate surface area is 128 Å². The lowest BCUT2D eigenvalue weighted by atomic mass is 10.3. The molecule has 0 saturated heterocycles. The molecule has 0 aliphatic heterocycles. The second-order valence-electron chi connectivity index (χ2n) is 3.76. The van der Waals surface area contributed by atoms with Gasteiger partial charge in [0.15, 0.2) is 0 Å². The van der Waals surface area contributed by atoms with Gasteiger partial charge in [-0.2, -0.15) is 10.2 Å². The van der Waals surface area contributed by atoms with Crippen LogP contribution in [0.25, 0.3) is 9.40 Å². The fraction of sp³-hybridized carbons (Fsp3) is 0. The van der Waals surface area contributed by atoms with E-state index in [1.165, 1.54) is 4.70 Å². The molecule has 3 aromatic rings. The Hall–Kier alpha value is -1.14. The van der Waals surface area contributed by atoms with Crippen molar-refractivity contribution < 1.29 is 0 Å². The lowest BCUT2D eigenvalue weighted by molar-refractivity contribution is 1.24. The molecule has 0 saturated carbocycles. The van der Waals surface area contributed by atoms with E-state index >= 15 is 0 Å². The molecule has 94 valence electrons. The minimum absolute atomic E-state index is 0.693. The van der Waals surface area contributed by atoms with Crippen LogP contribution in [0.1, 0.15) is 0 Å². The van der Waals surface area contributed by atoms with Gasteiger partial charge in [0, 0.05) is 14.4 Å². The zero-order valence-corrected chi connectivity index (χ0v) is 12.7. The van der Waals surface area contributed by atoms with Crippen molar-refractivity contribution in [3.63, 3.8) is 0 Å². The molecular formula is C13H7ClN2S3. The predicted octanol–water partition coefficient (Wildman–Crippen LogP) is 6.76. The molecule has 1 aromatic heterocycles. The third kappa shape index (κ3) is 3.06. The van der Waals surface area contributed by atoms with Crippen molar-refractivity contribution in [2.45, 2.75) is 0 Å². The van der Waals surface area contributed by atoms with Crippen molar-refractivity contribution in [2.24, 2.45) is 10.2 Å². The standard InChI is InChI=1S/C13H7ClN2S3/c14-8-1-3-9(4-2-8)15-16-10-5-6-11-12(7-10)19-13(17)18-11/h1-7H. The largest absolute Gasteiger partial charge is 0.151 e. The maximum absolute atomic E-state index is 5.82. The highest BCUT2D eigenvalue weighted by molar-refractivity contribution is 7.77. The molecule has 19 heavy (non-hydrogen) atoms.